The Hall–Kier alpha value is -2.79. The van der Waals surface area contributed by atoms with Gasteiger partial charge in [-0.15, -0.1) is 0 Å². The van der Waals surface area contributed by atoms with Gasteiger partial charge in [0.25, 0.3) is 0 Å². The number of hydrogen-bond acceptors (Lipinski definition) is 4. The molecule has 0 atom stereocenters. The van der Waals surface area contributed by atoms with Crippen LogP contribution in [-0.4, -0.2) is 11.1 Å². The molecule has 0 aliphatic heterocycles. The van der Waals surface area contributed by atoms with Gasteiger partial charge in [0.15, 0.2) is 0 Å². The number of benzene rings is 2. The summed E-state index contributed by atoms with van der Waals surface area (Å²) in [5.74, 6) is -0.421. The minimum absolute atomic E-state index is 0.0129. The number of carboxylic acid groups (broad SMARTS) is 1. The van der Waals surface area contributed by atoms with Gasteiger partial charge in [-0.3, -0.25) is 4.79 Å². The first-order valence-corrected chi connectivity index (χ1v) is 9.09. The van der Waals surface area contributed by atoms with Crippen LogP contribution in [0.2, 0.25) is 5.02 Å². The first kappa shape index (κ1) is 17.6. The smallest absolute Gasteiger partial charge is 0.339 e. The molecule has 4 rings (SSSR count). The lowest BCUT2D eigenvalue weighted by Crippen LogP contribution is -2.07. The molecule has 0 saturated heterocycles. The van der Waals surface area contributed by atoms with Gasteiger partial charge >= 0.3 is 11.6 Å². The number of carboxylic acids is 1. The highest BCUT2D eigenvalue weighted by Crippen LogP contribution is 2.35. The number of aryl methyl sites for hydroxylation is 1. The molecule has 1 N–H and O–H groups in total. The molecule has 0 amide bonds. The number of halogens is 1. The molecule has 0 radical (unpaired) electrons. The monoisotopic (exact) mass is 384 g/mol. The van der Waals surface area contributed by atoms with Crippen LogP contribution in [0.1, 0.15) is 28.7 Å². The summed E-state index contributed by atoms with van der Waals surface area (Å²) in [6, 6.07) is 10.6. The predicted molar refractivity (Wildman–Crippen MR) is 102 cm³/mol. The van der Waals surface area contributed by atoms with Gasteiger partial charge in [-0.1, -0.05) is 35.9 Å². The van der Waals surface area contributed by atoms with E-state index in [0.717, 1.165) is 46.9 Å². The molecule has 6 heteroatoms. The van der Waals surface area contributed by atoms with E-state index in [2.05, 4.69) is 0 Å². The Morgan fingerprint density at radius 3 is 2.56 bits per heavy atom. The summed E-state index contributed by atoms with van der Waals surface area (Å²) in [5.41, 5.74) is 3.60. The summed E-state index contributed by atoms with van der Waals surface area (Å²) >= 11 is 6.38. The zero-order valence-corrected chi connectivity index (χ0v) is 15.2. The lowest BCUT2D eigenvalue weighted by Gasteiger charge is -2.11. The summed E-state index contributed by atoms with van der Waals surface area (Å²) in [4.78, 5) is 22.9. The molecule has 2 aromatic carbocycles. The second-order valence-electron chi connectivity index (χ2n) is 6.65. The summed E-state index contributed by atoms with van der Waals surface area (Å²) in [7, 11) is 0. The Labute approximate surface area is 160 Å². The largest absolute Gasteiger partial charge is 0.487 e. The maximum atomic E-state index is 12.1. The van der Waals surface area contributed by atoms with Crippen LogP contribution in [0.5, 0.6) is 5.75 Å². The Balaban J connectivity index is 1.57. The van der Waals surface area contributed by atoms with Gasteiger partial charge in [0.2, 0.25) is 0 Å². The fraction of sp³-hybridized carbons (Fsp3) is 0.238. The van der Waals surface area contributed by atoms with E-state index in [1.165, 1.54) is 0 Å². The average Bonchev–Trinajstić information content (AvgIpc) is 3.12. The van der Waals surface area contributed by atoms with Crippen molar-refractivity contribution in [2.24, 2.45) is 0 Å². The molecular weight excluding hydrogens is 368 g/mol. The molecule has 1 aromatic heterocycles. The molecule has 0 fully saturated rings. The fourth-order valence-corrected chi connectivity index (χ4v) is 3.70. The Kier molecular flexibility index (Phi) is 4.62. The molecule has 1 heterocycles. The van der Waals surface area contributed by atoms with Gasteiger partial charge in [-0.25, -0.2) is 4.79 Å². The molecule has 1 aliphatic carbocycles. The van der Waals surface area contributed by atoms with Crippen LogP contribution in [0, 0.1) is 0 Å². The van der Waals surface area contributed by atoms with E-state index in [-0.39, 0.29) is 18.7 Å². The van der Waals surface area contributed by atoms with Gasteiger partial charge in [0.1, 0.15) is 17.9 Å². The van der Waals surface area contributed by atoms with E-state index >= 15 is 0 Å². The first-order valence-electron chi connectivity index (χ1n) is 8.72. The minimum Gasteiger partial charge on any atom is -0.487 e. The molecule has 0 bridgehead atoms. The number of hydrogen-bond donors (Lipinski definition) is 1. The van der Waals surface area contributed by atoms with Crippen LogP contribution >= 0.6 is 11.6 Å². The lowest BCUT2D eigenvalue weighted by molar-refractivity contribution is -0.136. The Morgan fingerprint density at radius 1 is 1.11 bits per heavy atom. The summed E-state index contributed by atoms with van der Waals surface area (Å²) < 4.78 is 11.3. The van der Waals surface area contributed by atoms with Crippen molar-refractivity contribution in [2.45, 2.75) is 32.3 Å². The quantitative estimate of drug-likeness (QED) is 0.669. The number of fused-ring (bicyclic) bond motifs is 3. The van der Waals surface area contributed by atoms with E-state index in [9.17, 15) is 9.59 Å². The summed E-state index contributed by atoms with van der Waals surface area (Å²) in [5, 5.41) is 10.2. The number of ether oxygens (including phenoxy) is 1. The molecule has 27 heavy (non-hydrogen) atoms. The third-order valence-electron chi connectivity index (χ3n) is 4.80. The van der Waals surface area contributed by atoms with Gasteiger partial charge in [-0.2, -0.15) is 0 Å². The topological polar surface area (TPSA) is 76.7 Å². The van der Waals surface area contributed by atoms with Gasteiger partial charge in [-0.05, 0) is 42.0 Å². The van der Waals surface area contributed by atoms with Gasteiger partial charge in [0, 0.05) is 17.0 Å². The highest BCUT2D eigenvalue weighted by atomic mass is 35.5. The molecule has 0 spiro atoms. The number of aliphatic carboxylic acids is 1. The zero-order chi connectivity index (χ0) is 19.0. The standard InChI is InChI=1S/C21H17ClO5/c22-17-9-16-14-2-1-3-15(14)21(25)27-18(16)10-19(17)26-11-13-6-4-12(5-7-13)8-20(23)24/h4-7,9-10H,1-3,8,11H2,(H,23,24). The molecule has 5 nitrogen and oxygen atoms in total. The van der Waals surface area contributed by atoms with Crippen molar-refractivity contribution in [2.75, 3.05) is 0 Å². The average molecular weight is 385 g/mol. The number of rotatable bonds is 5. The summed E-state index contributed by atoms with van der Waals surface area (Å²) in [6.45, 7) is 0.272. The SMILES string of the molecule is O=C(O)Cc1ccc(COc2cc3oc(=O)c4c(c3cc2Cl)CCC4)cc1. The van der Waals surface area contributed by atoms with Crippen LogP contribution in [-0.2, 0) is 30.7 Å². The number of carbonyl (C=O) groups is 1. The Morgan fingerprint density at radius 2 is 1.81 bits per heavy atom. The van der Waals surface area contributed by atoms with Crippen LogP contribution in [0.15, 0.2) is 45.6 Å². The van der Waals surface area contributed by atoms with Crippen molar-refractivity contribution in [3.8, 4) is 5.75 Å². The summed E-state index contributed by atoms with van der Waals surface area (Å²) in [6.07, 6.45) is 2.55. The van der Waals surface area contributed by atoms with Crippen molar-refractivity contribution >= 4 is 28.5 Å². The first-order chi connectivity index (χ1) is 13.0. The van der Waals surface area contributed by atoms with E-state index in [1.807, 2.05) is 12.1 Å². The Bertz CT molecular complexity index is 1080. The lowest BCUT2D eigenvalue weighted by atomic mass is 10.1. The predicted octanol–water partition coefficient (Wildman–Crippen LogP) is 4.14. The normalized spacial score (nSPS) is 12.9. The highest BCUT2D eigenvalue weighted by Gasteiger charge is 2.20. The van der Waals surface area contributed by atoms with Gasteiger partial charge in [0.05, 0.1) is 11.4 Å². The van der Waals surface area contributed by atoms with Crippen LogP contribution in [0.3, 0.4) is 0 Å². The van der Waals surface area contributed by atoms with E-state index in [4.69, 9.17) is 25.9 Å². The second kappa shape index (κ2) is 7.08. The van der Waals surface area contributed by atoms with Crippen molar-refractivity contribution < 1.29 is 19.1 Å². The maximum Gasteiger partial charge on any atom is 0.339 e. The van der Waals surface area contributed by atoms with Crippen molar-refractivity contribution in [3.63, 3.8) is 0 Å². The minimum atomic E-state index is -0.866. The molecule has 1 aliphatic rings. The van der Waals surface area contributed by atoms with E-state index < -0.39 is 5.97 Å². The maximum absolute atomic E-state index is 12.1. The van der Waals surface area contributed by atoms with Crippen LogP contribution < -0.4 is 10.4 Å². The molecule has 0 unspecified atom stereocenters. The van der Waals surface area contributed by atoms with Crippen LogP contribution in [0.25, 0.3) is 11.0 Å². The van der Waals surface area contributed by atoms with E-state index in [0.29, 0.717) is 16.4 Å². The zero-order valence-electron chi connectivity index (χ0n) is 14.5. The molecule has 0 saturated carbocycles. The van der Waals surface area contributed by atoms with Crippen LogP contribution in [0.4, 0.5) is 0 Å². The fourth-order valence-electron chi connectivity index (χ4n) is 3.48. The van der Waals surface area contributed by atoms with Crippen molar-refractivity contribution in [3.05, 3.63) is 74.1 Å². The molecular formula is C21H17ClO5. The van der Waals surface area contributed by atoms with Gasteiger partial charge < -0.3 is 14.3 Å². The molecule has 138 valence electrons. The second-order valence-corrected chi connectivity index (χ2v) is 7.06. The highest BCUT2D eigenvalue weighted by molar-refractivity contribution is 6.32. The van der Waals surface area contributed by atoms with Crippen molar-refractivity contribution in [1.29, 1.82) is 0 Å². The van der Waals surface area contributed by atoms with E-state index in [1.54, 1.807) is 24.3 Å². The molecule has 3 aromatic rings. The van der Waals surface area contributed by atoms with Crippen molar-refractivity contribution in [1.82, 2.24) is 0 Å². The third-order valence-corrected chi connectivity index (χ3v) is 5.09. The third kappa shape index (κ3) is 3.55.